The Balaban J connectivity index is 1.42. The largest absolute Gasteiger partial charge is 0.374 e. The second-order valence-electron chi connectivity index (χ2n) is 11.7. The van der Waals surface area contributed by atoms with E-state index in [0.717, 1.165) is 35.1 Å². The molecule has 0 bridgehead atoms. The van der Waals surface area contributed by atoms with Gasteiger partial charge in [-0.15, -0.1) is 0 Å². The molecule has 1 saturated heterocycles. The van der Waals surface area contributed by atoms with Crippen LogP contribution in [0, 0.1) is 0 Å². The number of rotatable bonds is 12. The summed E-state index contributed by atoms with van der Waals surface area (Å²) in [5.41, 5.74) is 5.17. The zero-order valence-electron chi connectivity index (χ0n) is 23.9. The maximum absolute atomic E-state index is 6.85. The maximum Gasteiger partial charge on any atom is 0.128 e. The van der Waals surface area contributed by atoms with E-state index in [1.165, 1.54) is 5.56 Å². The van der Waals surface area contributed by atoms with Crippen LogP contribution in [0.4, 0.5) is 0 Å². The Morgan fingerprint density at radius 1 is 0.769 bits per heavy atom. The third-order valence-electron chi connectivity index (χ3n) is 7.41. The first-order valence-electron chi connectivity index (χ1n) is 13.8. The smallest absolute Gasteiger partial charge is 0.128 e. The summed E-state index contributed by atoms with van der Waals surface area (Å²) in [6.45, 7) is 18.2. The van der Waals surface area contributed by atoms with Crippen molar-refractivity contribution >= 4 is 12.2 Å². The summed E-state index contributed by atoms with van der Waals surface area (Å²) in [5, 5.41) is 2.19. The third kappa shape index (κ3) is 7.77. The van der Waals surface area contributed by atoms with Gasteiger partial charge in [-0.2, -0.15) is 5.06 Å². The van der Waals surface area contributed by atoms with Crippen molar-refractivity contribution in [2.24, 2.45) is 0 Å². The molecule has 0 aliphatic carbocycles. The van der Waals surface area contributed by atoms with Crippen LogP contribution in [-0.4, -0.2) is 28.9 Å². The van der Waals surface area contributed by atoms with Crippen LogP contribution in [0.5, 0.6) is 0 Å². The van der Waals surface area contributed by atoms with Crippen molar-refractivity contribution in [2.45, 2.75) is 77.0 Å². The van der Waals surface area contributed by atoms with Crippen molar-refractivity contribution < 1.29 is 14.3 Å². The highest BCUT2D eigenvalue weighted by molar-refractivity contribution is 5.47. The monoisotopic (exact) mass is 525 g/mol. The fourth-order valence-corrected chi connectivity index (χ4v) is 5.56. The summed E-state index contributed by atoms with van der Waals surface area (Å²) in [7, 11) is 0. The van der Waals surface area contributed by atoms with E-state index in [9.17, 15) is 0 Å². The molecule has 1 aliphatic heterocycles. The average molecular weight is 526 g/mol. The molecule has 4 nitrogen and oxygen atoms in total. The van der Waals surface area contributed by atoms with Crippen LogP contribution < -0.4 is 0 Å². The van der Waals surface area contributed by atoms with E-state index in [1.807, 2.05) is 18.2 Å². The molecule has 0 amide bonds. The van der Waals surface area contributed by atoms with E-state index in [1.54, 1.807) is 0 Å². The number of hydrogen-bond acceptors (Lipinski definition) is 4. The minimum atomic E-state index is -0.230. The molecule has 0 N–H and O–H groups in total. The van der Waals surface area contributed by atoms with Crippen LogP contribution in [0.15, 0.2) is 92.0 Å². The van der Waals surface area contributed by atoms with Crippen molar-refractivity contribution in [3.63, 3.8) is 0 Å². The predicted octanol–water partition coefficient (Wildman–Crippen LogP) is 8.40. The molecule has 206 valence electrons. The lowest BCUT2D eigenvalue weighted by atomic mass is 9.80. The fraction of sp³-hybridized carbons (Fsp3) is 0.371. The minimum absolute atomic E-state index is 0.138. The second-order valence-corrected chi connectivity index (χ2v) is 11.7. The van der Waals surface area contributed by atoms with Gasteiger partial charge in [0.15, 0.2) is 0 Å². The standard InChI is InChI=1S/C35H43NO3/c1-7-27-14-18-29(19-15-27)24-37-26-33(31-12-10-9-11-13-31)39-36-34(3,4)22-32(23-35(36,5)6)38-25-30-20-16-28(8-2)17-21-30/h7-21,32-33H,1-2,22-26H2,3-6H3. The van der Waals surface area contributed by atoms with Crippen molar-refractivity contribution in [3.8, 4) is 0 Å². The van der Waals surface area contributed by atoms with Gasteiger partial charge in [-0.1, -0.05) is 104 Å². The van der Waals surface area contributed by atoms with Gasteiger partial charge in [0.1, 0.15) is 6.10 Å². The summed E-state index contributed by atoms with van der Waals surface area (Å²) >= 11 is 0. The first kappa shape index (κ1) is 29.0. The van der Waals surface area contributed by atoms with E-state index in [4.69, 9.17) is 14.3 Å². The van der Waals surface area contributed by atoms with E-state index in [0.29, 0.717) is 19.8 Å². The maximum atomic E-state index is 6.85. The topological polar surface area (TPSA) is 30.9 Å². The molecule has 1 unspecified atom stereocenters. The summed E-state index contributed by atoms with van der Waals surface area (Å²) in [5.74, 6) is 0. The Bertz CT molecular complexity index is 1180. The highest BCUT2D eigenvalue weighted by atomic mass is 16.7. The van der Waals surface area contributed by atoms with E-state index in [-0.39, 0.29) is 23.3 Å². The Hall–Kier alpha value is -3.02. The van der Waals surface area contributed by atoms with Crippen LogP contribution in [-0.2, 0) is 27.5 Å². The first-order valence-corrected chi connectivity index (χ1v) is 13.8. The predicted molar refractivity (Wildman–Crippen MR) is 161 cm³/mol. The molecule has 3 aromatic rings. The van der Waals surface area contributed by atoms with Gasteiger partial charge in [-0.3, -0.25) is 4.84 Å². The van der Waals surface area contributed by atoms with Crippen LogP contribution in [0.1, 0.15) is 74.5 Å². The molecule has 4 rings (SSSR count). The summed E-state index contributed by atoms with van der Waals surface area (Å²) < 4.78 is 12.6. The second kappa shape index (κ2) is 12.9. The van der Waals surface area contributed by atoms with Crippen molar-refractivity contribution in [3.05, 3.63) is 120 Å². The molecule has 1 aliphatic rings. The minimum Gasteiger partial charge on any atom is -0.374 e. The molecule has 3 aromatic carbocycles. The van der Waals surface area contributed by atoms with Crippen molar-refractivity contribution in [1.29, 1.82) is 0 Å². The summed E-state index contributed by atoms with van der Waals surface area (Å²) in [4.78, 5) is 6.85. The lowest BCUT2D eigenvalue weighted by Crippen LogP contribution is -2.62. The van der Waals surface area contributed by atoms with Crippen molar-refractivity contribution in [2.75, 3.05) is 6.61 Å². The quantitative estimate of drug-likeness (QED) is 0.238. The molecule has 0 aromatic heterocycles. The van der Waals surface area contributed by atoms with Crippen molar-refractivity contribution in [1.82, 2.24) is 5.06 Å². The Kier molecular flexibility index (Phi) is 9.58. The van der Waals surface area contributed by atoms with E-state index < -0.39 is 0 Å². The van der Waals surface area contributed by atoms with Gasteiger partial charge in [0.2, 0.25) is 0 Å². The number of ether oxygens (including phenoxy) is 2. The highest BCUT2D eigenvalue weighted by Crippen LogP contribution is 2.42. The Morgan fingerprint density at radius 3 is 1.79 bits per heavy atom. The Labute approximate surface area is 234 Å². The number of piperidine rings is 1. The molecule has 1 atom stereocenters. The molecule has 4 heteroatoms. The molecule has 1 heterocycles. The van der Waals surface area contributed by atoms with Gasteiger partial charge in [0.25, 0.3) is 0 Å². The zero-order chi connectivity index (χ0) is 27.9. The van der Waals surface area contributed by atoms with Gasteiger partial charge in [0.05, 0.1) is 25.9 Å². The summed E-state index contributed by atoms with van der Waals surface area (Å²) in [6.07, 6.45) is 5.37. The third-order valence-corrected chi connectivity index (χ3v) is 7.41. The molecule has 0 radical (unpaired) electrons. The molecule has 39 heavy (non-hydrogen) atoms. The molecule has 0 spiro atoms. The van der Waals surface area contributed by atoms with Crippen LogP contribution in [0.2, 0.25) is 0 Å². The molecule has 0 saturated carbocycles. The average Bonchev–Trinajstić information content (AvgIpc) is 2.93. The van der Waals surface area contributed by atoms with E-state index in [2.05, 4.69) is 119 Å². The lowest BCUT2D eigenvalue weighted by molar-refractivity contribution is -0.324. The molecular weight excluding hydrogens is 482 g/mol. The van der Waals surface area contributed by atoms with Crippen LogP contribution in [0.25, 0.3) is 12.2 Å². The van der Waals surface area contributed by atoms with Crippen LogP contribution in [0.3, 0.4) is 0 Å². The zero-order valence-corrected chi connectivity index (χ0v) is 23.9. The number of benzene rings is 3. The summed E-state index contributed by atoms with van der Waals surface area (Å²) in [6, 6.07) is 27.0. The number of hydrogen-bond donors (Lipinski definition) is 0. The number of hydroxylamine groups is 2. The van der Waals surface area contributed by atoms with Gasteiger partial charge in [-0.25, -0.2) is 0 Å². The highest BCUT2D eigenvalue weighted by Gasteiger charge is 2.48. The normalized spacial score (nSPS) is 17.9. The van der Waals surface area contributed by atoms with Crippen LogP contribution >= 0.6 is 0 Å². The SMILES string of the molecule is C=Cc1ccc(COCC(ON2C(C)(C)CC(OCc3ccc(C=C)cc3)CC2(C)C)c2ccccc2)cc1. The van der Waals surface area contributed by atoms with Gasteiger partial charge < -0.3 is 9.47 Å². The van der Waals surface area contributed by atoms with Gasteiger partial charge >= 0.3 is 0 Å². The Morgan fingerprint density at radius 2 is 1.28 bits per heavy atom. The van der Waals surface area contributed by atoms with Gasteiger partial charge in [0, 0.05) is 11.1 Å². The lowest BCUT2D eigenvalue weighted by Gasteiger charge is -2.54. The van der Waals surface area contributed by atoms with E-state index >= 15 is 0 Å². The number of nitrogens with zero attached hydrogens (tertiary/aromatic N) is 1. The first-order chi connectivity index (χ1) is 18.7. The fourth-order valence-electron chi connectivity index (χ4n) is 5.56. The molecule has 1 fully saturated rings. The van der Waals surface area contributed by atoms with Gasteiger partial charge in [-0.05, 0) is 68.4 Å². The molecular formula is C35H43NO3.